The molecule has 1 aromatic heterocycles. The number of rotatable bonds is 6. The van der Waals surface area contributed by atoms with E-state index in [0.717, 1.165) is 34.2 Å². The van der Waals surface area contributed by atoms with Gasteiger partial charge in [0.05, 0.1) is 6.26 Å². The molecule has 2 aromatic rings. The van der Waals surface area contributed by atoms with Crippen molar-refractivity contribution in [1.82, 2.24) is 5.32 Å². The van der Waals surface area contributed by atoms with E-state index < -0.39 is 0 Å². The number of ether oxygens (including phenoxy) is 1. The highest BCUT2D eigenvalue weighted by molar-refractivity contribution is 6.30. The first-order chi connectivity index (χ1) is 10.1. The van der Waals surface area contributed by atoms with Crippen molar-refractivity contribution in [2.75, 3.05) is 0 Å². The van der Waals surface area contributed by atoms with Crippen LogP contribution in [-0.4, -0.2) is 6.04 Å². The number of nitrogens with one attached hydrogen (secondary N) is 1. The molecule has 1 N–H and O–H groups in total. The predicted molar refractivity (Wildman–Crippen MR) is 83.8 cm³/mol. The van der Waals surface area contributed by atoms with Crippen LogP contribution in [-0.2, 0) is 13.2 Å². The lowest BCUT2D eigenvalue weighted by atomic mass is 10.1. The largest absolute Gasteiger partial charge is 0.485 e. The van der Waals surface area contributed by atoms with Gasteiger partial charge in [0.2, 0.25) is 0 Å². The van der Waals surface area contributed by atoms with Gasteiger partial charge < -0.3 is 14.5 Å². The van der Waals surface area contributed by atoms with Gasteiger partial charge in [-0.25, -0.2) is 0 Å². The summed E-state index contributed by atoms with van der Waals surface area (Å²) in [5.74, 6) is 1.77. The molecule has 3 rings (SSSR count). The lowest BCUT2D eigenvalue weighted by Crippen LogP contribution is -2.16. The Morgan fingerprint density at radius 1 is 1.29 bits per heavy atom. The van der Waals surface area contributed by atoms with Crippen LogP contribution in [0.2, 0.25) is 5.02 Å². The lowest BCUT2D eigenvalue weighted by molar-refractivity contribution is 0.265. The SMILES string of the molecule is Cc1cc(Cl)cc(C)c1OCc1occc1CNC1CC1. The third-order valence-corrected chi connectivity index (χ3v) is 3.99. The van der Waals surface area contributed by atoms with Crippen molar-refractivity contribution >= 4 is 11.6 Å². The zero-order valence-corrected chi connectivity index (χ0v) is 13.2. The van der Waals surface area contributed by atoms with Crippen molar-refractivity contribution in [3.63, 3.8) is 0 Å². The second-order valence-corrected chi connectivity index (χ2v) is 6.12. The first-order valence-electron chi connectivity index (χ1n) is 7.31. The normalized spacial score (nSPS) is 14.4. The molecular weight excluding hydrogens is 286 g/mol. The summed E-state index contributed by atoms with van der Waals surface area (Å²) in [4.78, 5) is 0. The van der Waals surface area contributed by atoms with Crippen molar-refractivity contribution in [2.24, 2.45) is 0 Å². The zero-order valence-electron chi connectivity index (χ0n) is 12.4. The number of furan rings is 1. The third kappa shape index (κ3) is 3.60. The van der Waals surface area contributed by atoms with Crippen LogP contribution in [0, 0.1) is 13.8 Å². The van der Waals surface area contributed by atoms with Crippen LogP contribution >= 0.6 is 11.6 Å². The number of halogens is 1. The third-order valence-electron chi connectivity index (χ3n) is 3.77. The summed E-state index contributed by atoms with van der Waals surface area (Å²) in [6.45, 7) is 5.30. The smallest absolute Gasteiger partial charge is 0.146 e. The second kappa shape index (κ2) is 6.12. The minimum Gasteiger partial charge on any atom is -0.485 e. The molecule has 0 radical (unpaired) electrons. The van der Waals surface area contributed by atoms with Gasteiger partial charge in [-0.05, 0) is 56.0 Å². The molecule has 0 saturated heterocycles. The van der Waals surface area contributed by atoms with Crippen LogP contribution in [0.25, 0.3) is 0 Å². The summed E-state index contributed by atoms with van der Waals surface area (Å²) in [7, 11) is 0. The summed E-state index contributed by atoms with van der Waals surface area (Å²) < 4.78 is 11.5. The summed E-state index contributed by atoms with van der Waals surface area (Å²) in [6, 6.07) is 6.54. The quantitative estimate of drug-likeness (QED) is 0.860. The molecule has 1 fully saturated rings. The molecule has 1 aromatic carbocycles. The maximum absolute atomic E-state index is 6.04. The van der Waals surface area contributed by atoms with Gasteiger partial charge in [0.15, 0.2) is 0 Å². The van der Waals surface area contributed by atoms with Crippen LogP contribution in [0.4, 0.5) is 0 Å². The van der Waals surface area contributed by atoms with Crippen molar-refractivity contribution < 1.29 is 9.15 Å². The van der Waals surface area contributed by atoms with Gasteiger partial charge in [-0.2, -0.15) is 0 Å². The monoisotopic (exact) mass is 305 g/mol. The maximum Gasteiger partial charge on any atom is 0.146 e. The Morgan fingerprint density at radius 2 is 2.00 bits per heavy atom. The molecular formula is C17H20ClNO2. The minimum absolute atomic E-state index is 0.442. The topological polar surface area (TPSA) is 34.4 Å². The van der Waals surface area contributed by atoms with Gasteiger partial charge in [-0.1, -0.05) is 11.6 Å². The van der Waals surface area contributed by atoms with Crippen molar-refractivity contribution in [1.29, 1.82) is 0 Å². The van der Waals surface area contributed by atoms with Gasteiger partial charge in [0, 0.05) is 23.2 Å². The van der Waals surface area contributed by atoms with Gasteiger partial charge in [0.25, 0.3) is 0 Å². The molecule has 0 spiro atoms. The van der Waals surface area contributed by atoms with E-state index in [1.165, 1.54) is 18.4 Å². The van der Waals surface area contributed by atoms with E-state index in [1.54, 1.807) is 6.26 Å². The molecule has 4 heteroatoms. The highest BCUT2D eigenvalue weighted by atomic mass is 35.5. The van der Waals surface area contributed by atoms with E-state index in [4.69, 9.17) is 20.8 Å². The highest BCUT2D eigenvalue weighted by Crippen LogP contribution is 2.28. The van der Waals surface area contributed by atoms with Crippen LogP contribution < -0.4 is 10.1 Å². The van der Waals surface area contributed by atoms with E-state index >= 15 is 0 Å². The molecule has 1 saturated carbocycles. The Morgan fingerprint density at radius 3 is 2.67 bits per heavy atom. The Labute approximate surface area is 130 Å². The fourth-order valence-corrected chi connectivity index (χ4v) is 2.78. The van der Waals surface area contributed by atoms with Gasteiger partial charge in [-0.3, -0.25) is 0 Å². The van der Waals surface area contributed by atoms with Crippen LogP contribution in [0.15, 0.2) is 28.9 Å². The highest BCUT2D eigenvalue weighted by Gasteiger charge is 2.21. The summed E-state index contributed by atoms with van der Waals surface area (Å²) in [5, 5.41) is 4.24. The Bertz CT molecular complexity index is 608. The average Bonchev–Trinajstić information content (AvgIpc) is 3.14. The molecule has 0 atom stereocenters. The molecule has 3 nitrogen and oxygen atoms in total. The molecule has 0 amide bonds. The number of hydrogen-bond acceptors (Lipinski definition) is 3. The molecule has 1 aliphatic carbocycles. The number of aryl methyl sites for hydroxylation is 2. The fourth-order valence-electron chi connectivity index (χ4n) is 2.46. The maximum atomic E-state index is 6.04. The number of hydrogen-bond donors (Lipinski definition) is 1. The zero-order chi connectivity index (χ0) is 14.8. The van der Waals surface area contributed by atoms with Gasteiger partial charge in [0.1, 0.15) is 18.1 Å². The molecule has 21 heavy (non-hydrogen) atoms. The molecule has 1 heterocycles. The van der Waals surface area contributed by atoms with Crippen LogP contribution in [0.1, 0.15) is 35.3 Å². The predicted octanol–water partition coefficient (Wildman–Crippen LogP) is 4.38. The fraction of sp³-hybridized carbons (Fsp3) is 0.412. The lowest BCUT2D eigenvalue weighted by Gasteiger charge is -2.12. The molecule has 0 bridgehead atoms. The molecule has 0 aliphatic heterocycles. The first kappa shape index (κ1) is 14.5. The van der Waals surface area contributed by atoms with Gasteiger partial charge in [-0.15, -0.1) is 0 Å². The Hall–Kier alpha value is -1.45. The van der Waals surface area contributed by atoms with Crippen molar-refractivity contribution in [3.8, 4) is 5.75 Å². The Balaban J connectivity index is 1.66. The summed E-state index contributed by atoms with van der Waals surface area (Å²) in [5.41, 5.74) is 3.26. The van der Waals surface area contributed by atoms with E-state index in [2.05, 4.69) is 5.32 Å². The van der Waals surface area contributed by atoms with E-state index in [1.807, 2.05) is 32.0 Å². The molecule has 0 unspecified atom stereocenters. The second-order valence-electron chi connectivity index (χ2n) is 5.68. The average molecular weight is 306 g/mol. The Kier molecular flexibility index (Phi) is 4.22. The van der Waals surface area contributed by atoms with E-state index in [0.29, 0.717) is 12.6 Å². The standard InChI is InChI=1S/C17H20ClNO2/c1-11-7-14(18)8-12(2)17(11)21-10-16-13(5-6-20-16)9-19-15-3-4-15/h5-8,15,19H,3-4,9-10H2,1-2H3. The summed E-state index contributed by atoms with van der Waals surface area (Å²) in [6.07, 6.45) is 4.30. The van der Waals surface area contributed by atoms with E-state index in [-0.39, 0.29) is 0 Å². The van der Waals surface area contributed by atoms with Gasteiger partial charge >= 0.3 is 0 Å². The first-order valence-corrected chi connectivity index (χ1v) is 7.69. The number of benzene rings is 1. The summed E-state index contributed by atoms with van der Waals surface area (Å²) >= 11 is 6.04. The van der Waals surface area contributed by atoms with Crippen molar-refractivity contribution in [3.05, 3.63) is 51.9 Å². The van der Waals surface area contributed by atoms with Crippen LogP contribution in [0.3, 0.4) is 0 Å². The minimum atomic E-state index is 0.442. The van der Waals surface area contributed by atoms with Crippen molar-refractivity contribution in [2.45, 2.75) is 45.9 Å². The molecule has 1 aliphatic rings. The van der Waals surface area contributed by atoms with E-state index in [9.17, 15) is 0 Å². The van der Waals surface area contributed by atoms with Crippen LogP contribution in [0.5, 0.6) is 5.75 Å². The molecule has 112 valence electrons.